The van der Waals surface area contributed by atoms with Crippen molar-refractivity contribution in [3.8, 4) is 0 Å². The number of rotatable bonds is 5. The Morgan fingerprint density at radius 2 is 1.56 bits per heavy atom. The molecule has 1 saturated heterocycles. The number of carbonyl (C=O) groups is 1. The minimum Gasteiger partial charge on any atom is -0.354 e. The van der Waals surface area contributed by atoms with Crippen LogP contribution < -0.4 is 16.1 Å². The van der Waals surface area contributed by atoms with Crippen LogP contribution in [0.1, 0.15) is 59.5 Å². The molecule has 1 aromatic rings. The van der Waals surface area contributed by atoms with E-state index >= 15 is 0 Å². The molecule has 0 spiro atoms. The van der Waals surface area contributed by atoms with Gasteiger partial charge >= 0.3 is 5.69 Å². The highest BCUT2D eigenvalue weighted by atomic mass is 16.2. The van der Waals surface area contributed by atoms with Crippen LogP contribution in [0.25, 0.3) is 0 Å². The van der Waals surface area contributed by atoms with Crippen molar-refractivity contribution in [2.45, 2.75) is 59.5 Å². The molecule has 7 nitrogen and oxygen atoms in total. The minimum atomic E-state index is -0.267. The van der Waals surface area contributed by atoms with E-state index < -0.39 is 0 Å². The van der Waals surface area contributed by atoms with E-state index in [1.807, 2.05) is 44.4 Å². The Labute approximate surface area is 148 Å². The first kappa shape index (κ1) is 19.3. The van der Waals surface area contributed by atoms with Crippen molar-refractivity contribution in [3.63, 3.8) is 0 Å². The van der Waals surface area contributed by atoms with Gasteiger partial charge < -0.3 is 9.80 Å². The molecule has 0 saturated carbocycles. The lowest BCUT2D eigenvalue weighted by Crippen LogP contribution is -2.51. The molecule has 140 valence electrons. The average molecular weight is 350 g/mol. The molecule has 1 aliphatic heterocycles. The number of anilines is 1. The molecule has 2 rings (SSSR count). The molecule has 0 bridgehead atoms. The lowest BCUT2D eigenvalue weighted by atomic mass is 10.2. The number of amides is 1. The lowest BCUT2D eigenvalue weighted by molar-refractivity contribution is -0.131. The van der Waals surface area contributed by atoms with E-state index in [0.717, 1.165) is 6.42 Å². The van der Waals surface area contributed by atoms with Gasteiger partial charge in [-0.25, -0.2) is 4.79 Å². The highest BCUT2D eigenvalue weighted by molar-refractivity contribution is 5.76. The molecule has 0 unspecified atom stereocenters. The van der Waals surface area contributed by atoms with E-state index in [9.17, 15) is 14.4 Å². The van der Waals surface area contributed by atoms with E-state index in [4.69, 9.17) is 0 Å². The van der Waals surface area contributed by atoms with Crippen LogP contribution in [0.2, 0.25) is 0 Å². The van der Waals surface area contributed by atoms with Gasteiger partial charge in [-0.1, -0.05) is 6.92 Å². The normalized spacial score (nSPS) is 15.3. The smallest absolute Gasteiger partial charge is 0.333 e. The van der Waals surface area contributed by atoms with Gasteiger partial charge in [-0.05, 0) is 34.1 Å². The third-order valence-corrected chi connectivity index (χ3v) is 4.60. The number of piperazine rings is 1. The quantitative estimate of drug-likeness (QED) is 0.809. The zero-order chi connectivity index (χ0) is 18.7. The summed E-state index contributed by atoms with van der Waals surface area (Å²) in [5.74, 6) is 0.836. The van der Waals surface area contributed by atoms with Crippen LogP contribution >= 0.6 is 0 Å². The first-order valence-corrected chi connectivity index (χ1v) is 9.18. The molecular weight excluding hydrogens is 320 g/mol. The van der Waals surface area contributed by atoms with Crippen LogP contribution in [0.15, 0.2) is 15.7 Å². The standard InChI is InChI=1S/C18H30N4O3/c1-6-7-16(23)20-10-8-19(9-11-20)15-12-17(24)22(14(4)5)18(25)21(15)13(2)3/h12-14H,6-11H2,1-5H3. The molecule has 25 heavy (non-hydrogen) atoms. The molecule has 0 atom stereocenters. The summed E-state index contributed by atoms with van der Waals surface area (Å²) in [4.78, 5) is 41.2. The van der Waals surface area contributed by atoms with E-state index in [1.165, 1.54) is 4.57 Å². The molecule has 2 heterocycles. The molecule has 0 radical (unpaired) electrons. The molecule has 1 aliphatic rings. The predicted octanol–water partition coefficient (Wildman–Crippen LogP) is 1.62. The zero-order valence-corrected chi connectivity index (χ0v) is 16.0. The van der Waals surface area contributed by atoms with Gasteiger partial charge in [0.05, 0.1) is 0 Å². The van der Waals surface area contributed by atoms with E-state index in [0.29, 0.717) is 38.4 Å². The van der Waals surface area contributed by atoms with Crippen molar-refractivity contribution in [2.75, 3.05) is 31.1 Å². The molecule has 1 aromatic heterocycles. The molecule has 0 aliphatic carbocycles. The summed E-state index contributed by atoms with van der Waals surface area (Å²) in [5.41, 5.74) is -0.534. The Hall–Kier alpha value is -2.05. The fourth-order valence-corrected chi connectivity index (χ4v) is 3.32. The van der Waals surface area contributed by atoms with Gasteiger partial charge in [0, 0.05) is 50.7 Å². The van der Waals surface area contributed by atoms with E-state index in [2.05, 4.69) is 0 Å². The summed E-state index contributed by atoms with van der Waals surface area (Å²) in [7, 11) is 0. The summed E-state index contributed by atoms with van der Waals surface area (Å²) in [6, 6.07) is 1.33. The summed E-state index contributed by atoms with van der Waals surface area (Å²) in [6.07, 6.45) is 1.42. The second-order valence-electron chi connectivity index (χ2n) is 7.17. The maximum absolute atomic E-state index is 12.8. The lowest BCUT2D eigenvalue weighted by Gasteiger charge is -2.37. The van der Waals surface area contributed by atoms with Crippen LogP contribution in [0.5, 0.6) is 0 Å². The number of nitrogens with zero attached hydrogens (tertiary/aromatic N) is 4. The van der Waals surface area contributed by atoms with E-state index in [1.54, 1.807) is 10.6 Å². The van der Waals surface area contributed by atoms with Crippen LogP contribution in [0, 0.1) is 0 Å². The van der Waals surface area contributed by atoms with Gasteiger partial charge in [0.15, 0.2) is 0 Å². The monoisotopic (exact) mass is 350 g/mol. The van der Waals surface area contributed by atoms with Gasteiger partial charge in [0.25, 0.3) is 5.56 Å². The molecule has 7 heteroatoms. The summed E-state index contributed by atoms with van der Waals surface area (Å²) in [5, 5.41) is 0. The highest BCUT2D eigenvalue weighted by Crippen LogP contribution is 2.18. The first-order chi connectivity index (χ1) is 11.8. The molecule has 0 aromatic carbocycles. The molecule has 0 N–H and O–H groups in total. The Balaban J connectivity index is 2.33. The first-order valence-electron chi connectivity index (χ1n) is 9.18. The summed E-state index contributed by atoms with van der Waals surface area (Å²) in [6.45, 7) is 12.1. The van der Waals surface area contributed by atoms with Crippen molar-refractivity contribution >= 4 is 11.7 Å². The third-order valence-electron chi connectivity index (χ3n) is 4.60. The third kappa shape index (κ3) is 3.96. The van der Waals surface area contributed by atoms with E-state index in [-0.39, 0.29) is 29.2 Å². The Morgan fingerprint density at radius 1 is 1.00 bits per heavy atom. The Bertz CT molecular complexity index is 725. The number of hydrogen-bond acceptors (Lipinski definition) is 4. The second kappa shape index (κ2) is 7.89. The fraction of sp³-hybridized carbons (Fsp3) is 0.722. The Morgan fingerprint density at radius 3 is 2.04 bits per heavy atom. The van der Waals surface area contributed by atoms with Crippen molar-refractivity contribution in [2.24, 2.45) is 0 Å². The molecule has 1 amide bonds. The van der Waals surface area contributed by atoms with Crippen LogP contribution in [0.4, 0.5) is 5.82 Å². The number of hydrogen-bond donors (Lipinski definition) is 0. The van der Waals surface area contributed by atoms with Gasteiger partial charge in [-0.3, -0.25) is 18.7 Å². The van der Waals surface area contributed by atoms with Gasteiger partial charge in [-0.2, -0.15) is 0 Å². The predicted molar refractivity (Wildman–Crippen MR) is 99.4 cm³/mol. The van der Waals surface area contributed by atoms with Crippen LogP contribution in [-0.2, 0) is 4.79 Å². The second-order valence-corrected chi connectivity index (χ2v) is 7.17. The van der Waals surface area contributed by atoms with Gasteiger partial charge in [-0.15, -0.1) is 0 Å². The SMILES string of the molecule is CCCC(=O)N1CCN(c2cc(=O)n(C(C)C)c(=O)n2C(C)C)CC1. The highest BCUT2D eigenvalue weighted by Gasteiger charge is 2.25. The Kier molecular flexibility index (Phi) is 6.08. The summed E-state index contributed by atoms with van der Waals surface area (Å²) >= 11 is 0. The zero-order valence-electron chi connectivity index (χ0n) is 16.0. The van der Waals surface area contributed by atoms with Gasteiger partial charge in [0.2, 0.25) is 5.91 Å². The van der Waals surface area contributed by atoms with Crippen molar-refractivity contribution in [1.29, 1.82) is 0 Å². The molecular formula is C18H30N4O3. The van der Waals surface area contributed by atoms with Gasteiger partial charge in [0.1, 0.15) is 5.82 Å². The van der Waals surface area contributed by atoms with Crippen molar-refractivity contribution in [1.82, 2.24) is 14.0 Å². The largest absolute Gasteiger partial charge is 0.354 e. The van der Waals surface area contributed by atoms with Crippen molar-refractivity contribution < 1.29 is 4.79 Å². The number of aromatic nitrogens is 2. The summed E-state index contributed by atoms with van der Waals surface area (Å²) < 4.78 is 2.98. The molecule has 1 fully saturated rings. The van der Waals surface area contributed by atoms with Crippen LogP contribution in [-0.4, -0.2) is 46.1 Å². The van der Waals surface area contributed by atoms with Crippen molar-refractivity contribution in [3.05, 3.63) is 26.9 Å². The van der Waals surface area contributed by atoms with Crippen LogP contribution in [0.3, 0.4) is 0 Å². The topological polar surface area (TPSA) is 67.6 Å². The fourth-order valence-electron chi connectivity index (χ4n) is 3.32. The maximum Gasteiger partial charge on any atom is 0.333 e. The maximum atomic E-state index is 12.8. The minimum absolute atomic E-state index is 0.0483. The number of carbonyl (C=O) groups excluding carboxylic acids is 1. The average Bonchev–Trinajstić information content (AvgIpc) is 2.53.